The van der Waals surface area contributed by atoms with Gasteiger partial charge in [0.05, 0.1) is 19.2 Å². The van der Waals surface area contributed by atoms with E-state index in [0.29, 0.717) is 0 Å². The maximum atomic E-state index is 8.21. The molecule has 0 rings (SSSR count). The zero-order valence-corrected chi connectivity index (χ0v) is 5.09. The zero-order chi connectivity index (χ0) is 7.28. The molecule has 0 bridgehead atoms. The molecular weight excluding hydrogens is 116 g/mol. The quantitative estimate of drug-likeness (QED) is 0.509. The normalized spacial score (nSPS) is 7.56. The molecule has 0 saturated heterocycles. The average Bonchev–Trinajstić information content (AvgIpc) is 1.90. The lowest BCUT2D eigenvalue weighted by Crippen LogP contribution is -1.97. The molecule has 0 fully saturated rings. The van der Waals surface area contributed by atoms with E-state index in [2.05, 4.69) is 11.3 Å². The Hall–Kier alpha value is -1.48. The molecule has 0 aliphatic heterocycles. The predicted octanol–water partition coefficient (Wildman–Crippen LogP) is 0.810. The first-order valence-corrected chi connectivity index (χ1v) is 2.28. The van der Waals surface area contributed by atoms with Gasteiger partial charge < -0.3 is 4.74 Å². The van der Waals surface area contributed by atoms with Gasteiger partial charge in [-0.1, -0.05) is 6.58 Å². The van der Waals surface area contributed by atoms with Gasteiger partial charge >= 0.3 is 0 Å². The van der Waals surface area contributed by atoms with Gasteiger partial charge in [-0.25, -0.2) is 0 Å². The van der Waals surface area contributed by atoms with Crippen molar-refractivity contribution in [3.05, 3.63) is 12.3 Å². The van der Waals surface area contributed by atoms with Crippen molar-refractivity contribution >= 4 is 0 Å². The van der Waals surface area contributed by atoms with Gasteiger partial charge in [-0.05, 0) is 0 Å². The van der Waals surface area contributed by atoms with Gasteiger partial charge in [-0.15, -0.1) is 0 Å². The molecule has 0 aliphatic rings. The number of hydrogen-bond acceptors (Lipinski definition) is 3. The topological polar surface area (TPSA) is 56.8 Å². The fourth-order valence-electron chi connectivity index (χ4n) is 0.291. The maximum Gasteiger partial charge on any atom is 0.189 e. The predicted molar refractivity (Wildman–Crippen MR) is 30.9 cm³/mol. The van der Waals surface area contributed by atoms with E-state index in [0.717, 1.165) is 0 Å². The van der Waals surface area contributed by atoms with Crippen molar-refractivity contribution in [1.29, 1.82) is 10.5 Å². The van der Waals surface area contributed by atoms with Crippen LogP contribution in [0.15, 0.2) is 12.3 Å². The summed E-state index contributed by atoms with van der Waals surface area (Å²) >= 11 is 0. The van der Waals surface area contributed by atoms with Crippen LogP contribution < -0.4 is 0 Å². The van der Waals surface area contributed by atoms with Crippen LogP contribution in [-0.4, -0.2) is 7.11 Å². The molecule has 0 aromatic heterocycles. The second kappa shape index (κ2) is 3.51. The summed E-state index contributed by atoms with van der Waals surface area (Å²) in [5, 5.41) is 16.4. The number of ether oxygens (including phenoxy) is 1. The number of nitrogens with zero attached hydrogens (tertiary/aromatic N) is 2. The van der Waals surface area contributed by atoms with E-state index in [9.17, 15) is 0 Å². The van der Waals surface area contributed by atoms with E-state index >= 15 is 0 Å². The third-order valence-corrected chi connectivity index (χ3v) is 0.842. The minimum Gasteiger partial charge on any atom is -0.499 e. The molecule has 3 nitrogen and oxygen atoms in total. The Balaban J connectivity index is 4.05. The van der Waals surface area contributed by atoms with Crippen molar-refractivity contribution in [2.75, 3.05) is 7.11 Å². The summed E-state index contributed by atoms with van der Waals surface area (Å²) in [6.45, 7) is 3.35. The molecule has 0 radical (unpaired) electrons. The first-order chi connectivity index (χ1) is 4.26. The molecule has 9 heavy (non-hydrogen) atoms. The van der Waals surface area contributed by atoms with E-state index in [4.69, 9.17) is 10.5 Å². The standard InChI is InChI=1S/C6H6N2O/c1-5(9-2)6(3-7)4-8/h6H,1H2,2H3. The number of methoxy groups -OCH3 is 1. The Morgan fingerprint density at radius 1 is 1.56 bits per heavy atom. The first kappa shape index (κ1) is 7.52. The van der Waals surface area contributed by atoms with E-state index in [-0.39, 0.29) is 5.76 Å². The van der Waals surface area contributed by atoms with Crippen LogP contribution in [0.3, 0.4) is 0 Å². The number of allylic oxidation sites excluding steroid dienone is 1. The van der Waals surface area contributed by atoms with E-state index < -0.39 is 5.92 Å². The lowest BCUT2D eigenvalue weighted by Gasteiger charge is -2.00. The number of hydrogen-bond donors (Lipinski definition) is 0. The Labute approximate surface area is 53.8 Å². The Bertz CT molecular complexity index is 170. The zero-order valence-electron chi connectivity index (χ0n) is 5.09. The number of nitriles is 2. The highest BCUT2D eigenvalue weighted by Gasteiger charge is 2.08. The van der Waals surface area contributed by atoms with Crippen molar-refractivity contribution < 1.29 is 4.74 Å². The van der Waals surface area contributed by atoms with Crippen molar-refractivity contribution in [3.8, 4) is 12.1 Å². The first-order valence-electron chi connectivity index (χ1n) is 2.28. The molecule has 0 amide bonds. The summed E-state index contributed by atoms with van der Waals surface area (Å²) in [4.78, 5) is 0. The Morgan fingerprint density at radius 3 is 2.11 bits per heavy atom. The van der Waals surface area contributed by atoms with Crippen molar-refractivity contribution in [2.24, 2.45) is 5.92 Å². The summed E-state index contributed by atoms with van der Waals surface area (Å²) in [6, 6.07) is 3.43. The lowest BCUT2D eigenvalue weighted by molar-refractivity contribution is 0.274. The van der Waals surface area contributed by atoms with E-state index in [1.54, 1.807) is 12.1 Å². The smallest absolute Gasteiger partial charge is 0.189 e. The van der Waals surface area contributed by atoms with Crippen LogP contribution >= 0.6 is 0 Å². The SMILES string of the molecule is C=C(OC)C(C#N)C#N. The van der Waals surface area contributed by atoms with Crippen LogP contribution in [0.1, 0.15) is 0 Å². The van der Waals surface area contributed by atoms with Crippen molar-refractivity contribution in [2.45, 2.75) is 0 Å². The maximum absolute atomic E-state index is 8.21. The van der Waals surface area contributed by atoms with Crippen molar-refractivity contribution in [3.63, 3.8) is 0 Å². The molecule has 0 aliphatic carbocycles. The average molecular weight is 122 g/mol. The minimum atomic E-state index is -0.838. The van der Waals surface area contributed by atoms with Crippen LogP contribution in [-0.2, 0) is 4.74 Å². The van der Waals surface area contributed by atoms with Crippen LogP contribution in [0.4, 0.5) is 0 Å². The van der Waals surface area contributed by atoms with Crippen LogP contribution in [0, 0.1) is 28.6 Å². The van der Waals surface area contributed by atoms with Crippen LogP contribution in [0.25, 0.3) is 0 Å². The van der Waals surface area contributed by atoms with Gasteiger partial charge in [0.15, 0.2) is 5.92 Å². The Kier molecular flexibility index (Phi) is 2.94. The van der Waals surface area contributed by atoms with Crippen LogP contribution in [0.5, 0.6) is 0 Å². The number of rotatable bonds is 2. The largest absolute Gasteiger partial charge is 0.499 e. The molecule has 0 spiro atoms. The van der Waals surface area contributed by atoms with Gasteiger partial charge in [0, 0.05) is 0 Å². The lowest BCUT2D eigenvalue weighted by atomic mass is 10.2. The fourth-order valence-corrected chi connectivity index (χ4v) is 0.291. The molecule has 0 unspecified atom stereocenters. The molecule has 3 heteroatoms. The fraction of sp³-hybridized carbons (Fsp3) is 0.333. The van der Waals surface area contributed by atoms with E-state index in [1.165, 1.54) is 7.11 Å². The van der Waals surface area contributed by atoms with Crippen molar-refractivity contribution in [1.82, 2.24) is 0 Å². The monoisotopic (exact) mass is 122 g/mol. The van der Waals surface area contributed by atoms with Gasteiger partial charge in [0.1, 0.15) is 5.76 Å². The second-order valence-corrected chi connectivity index (χ2v) is 1.36. The summed E-state index contributed by atoms with van der Waals surface area (Å²) in [7, 11) is 1.38. The molecule has 0 saturated carbocycles. The highest BCUT2D eigenvalue weighted by molar-refractivity contribution is 5.14. The molecule has 0 N–H and O–H groups in total. The molecule has 0 heterocycles. The second-order valence-electron chi connectivity index (χ2n) is 1.36. The van der Waals surface area contributed by atoms with Gasteiger partial charge in [0.25, 0.3) is 0 Å². The summed E-state index contributed by atoms with van der Waals surface area (Å²) in [5.41, 5.74) is 0. The minimum absolute atomic E-state index is 0.194. The third-order valence-electron chi connectivity index (χ3n) is 0.842. The van der Waals surface area contributed by atoms with Crippen LogP contribution in [0.2, 0.25) is 0 Å². The van der Waals surface area contributed by atoms with Gasteiger partial charge in [-0.2, -0.15) is 10.5 Å². The molecule has 0 aromatic carbocycles. The summed E-state index contributed by atoms with van der Waals surface area (Å²) in [6.07, 6.45) is 0. The molecule has 46 valence electrons. The third kappa shape index (κ3) is 1.84. The summed E-state index contributed by atoms with van der Waals surface area (Å²) < 4.78 is 4.55. The summed E-state index contributed by atoms with van der Waals surface area (Å²) in [5.74, 6) is -0.644. The highest BCUT2D eigenvalue weighted by atomic mass is 16.5. The van der Waals surface area contributed by atoms with E-state index in [1.807, 2.05) is 0 Å². The van der Waals surface area contributed by atoms with Gasteiger partial charge in [0.2, 0.25) is 0 Å². The molecule has 0 aromatic rings. The van der Waals surface area contributed by atoms with Gasteiger partial charge in [-0.3, -0.25) is 0 Å². The Morgan fingerprint density at radius 2 is 2.00 bits per heavy atom. The molecule has 0 atom stereocenters. The molecular formula is C6H6N2O. The highest BCUT2D eigenvalue weighted by Crippen LogP contribution is 2.05.